The van der Waals surface area contributed by atoms with Gasteiger partial charge in [-0.25, -0.2) is 0 Å². The van der Waals surface area contributed by atoms with Gasteiger partial charge in [0.1, 0.15) is 11.9 Å². The first-order chi connectivity index (χ1) is 12.1. The maximum atomic E-state index is 13.2. The molecule has 0 N–H and O–H groups in total. The van der Waals surface area contributed by atoms with Crippen LogP contribution in [-0.4, -0.2) is 30.5 Å². The quantitative estimate of drug-likeness (QED) is 0.789. The van der Waals surface area contributed by atoms with Gasteiger partial charge in [-0.05, 0) is 48.7 Å². The molecular formula is C19H18Cl2N2O2. The fourth-order valence-electron chi connectivity index (χ4n) is 3.89. The number of anilines is 1. The second kappa shape index (κ2) is 6.52. The highest BCUT2D eigenvalue weighted by Gasteiger charge is 2.50. The van der Waals surface area contributed by atoms with Crippen LogP contribution < -0.4 is 9.64 Å². The number of nitrogens with zero attached hydrogens (tertiary/aromatic N) is 2. The minimum absolute atomic E-state index is 0.0862. The summed E-state index contributed by atoms with van der Waals surface area (Å²) >= 11 is 12.4. The molecule has 130 valence electrons. The molecule has 0 saturated carbocycles. The Kier molecular flexibility index (Phi) is 4.36. The fourth-order valence-corrected chi connectivity index (χ4v) is 4.25. The van der Waals surface area contributed by atoms with Crippen molar-refractivity contribution >= 4 is 34.8 Å². The van der Waals surface area contributed by atoms with E-state index in [2.05, 4.69) is 4.90 Å². The molecule has 6 heteroatoms. The van der Waals surface area contributed by atoms with E-state index in [1.807, 2.05) is 24.3 Å². The van der Waals surface area contributed by atoms with Gasteiger partial charge in [-0.2, -0.15) is 0 Å². The number of ether oxygens (including phenoxy) is 1. The summed E-state index contributed by atoms with van der Waals surface area (Å²) in [5, 5.41) is 1.23. The van der Waals surface area contributed by atoms with Crippen LogP contribution in [0.3, 0.4) is 0 Å². The molecule has 2 saturated heterocycles. The smallest absolute Gasteiger partial charge is 0.246 e. The number of fused-ring (bicyclic) bond motifs is 1. The summed E-state index contributed by atoms with van der Waals surface area (Å²) in [4.78, 5) is 17.2. The van der Waals surface area contributed by atoms with E-state index in [9.17, 15) is 4.79 Å². The highest BCUT2D eigenvalue weighted by atomic mass is 35.5. The Morgan fingerprint density at radius 1 is 1.12 bits per heavy atom. The summed E-state index contributed by atoms with van der Waals surface area (Å²) in [6, 6.07) is 12.9. The summed E-state index contributed by atoms with van der Waals surface area (Å²) in [6.07, 6.45) is 1.69. The highest BCUT2D eigenvalue weighted by molar-refractivity contribution is 6.31. The summed E-state index contributed by atoms with van der Waals surface area (Å²) in [5.74, 6) is 0.717. The lowest BCUT2D eigenvalue weighted by molar-refractivity contribution is -0.119. The second-order valence-corrected chi connectivity index (χ2v) is 7.22. The summed E-state index contributed by atoms with van der Waals surface area (Å²) < 4.78 is 5.49. The molecule has 2 aliphatic heterocycles. The van der Waals surface area contributed by atoms with Crippen molar-refractivity contribution in [3.05, 3.63) is 58.1 Å². The van der Waals surface area contributed by atoms with Crippen LogP contribution in [0.1, 0.15) is 24.6 Å². The van der Waals surface area contributed by atoms with Crippen molar-refractivity contribution in [1.29, 1.82) is 0 Å². The Labute approximate surface area is 156 Å². The highest BCUT2D eigenvalue weighted by Crippen LogP contribution is 2.46. The maximum Gasteiger partial charge on any atom is 0.246 e. The van der Waals surface area contributed by atoms with E-state index in [1.165, 1.54) is 0 Å². The van der Waals surface area contributed by atoms with Crippen molar-refractivity contribution in [1.82, 2.24) is 4.90 Å². The molecule has 0 radical (unpaired) electrons. The molecule has 2 aromatic carbocycles. The molecular weight excluding hydrogens is 359 g/mol. The van der Waals surface area contributed by atoms with E-state index in [-0.39, 0.29) is 18.1 Å². The maximum absolute atomic E-state index is 13.2. The molecule has 0 aliphatic carbocycles. The normalized spacial score (nSPS) is 23.2. The largest absolute Gasteiger partial charge is 0.495 e. The van der Waals surface area contributed by atoms with Gasteiger partial charge >= 0.3 is 0 Å². The van der Waals surface area contributed by atoms with Crippen molar-refractivity contribution in [3.63, 3.8) is 0 Å². The second-order valence-electron chi connectivity index (χ2n) is 6.35. The summed E-state index contributed by atoms with van der Waals surface area (Å²) in [6.45, 7) is 0.882. The Bertz CT molecular complexity index is 827. The minimum atomic E-state index is -0.203. The van der Waals surface area contributed by atoms with Gasteiger partial charge in [0.05, 0.1) is 18.8 Å². The molecule has 2 atom stereocenters. The number of rotatable bonds is 3. The molecule has 2 aliphatic rings. The predicted octanol–water partition coefficient (Wildman–Crippen LogP) is 4.51. The van der Waals surface area contributed by atoms with Gasteiger partial charge in [0.25, 0.3) is 0 Å². The number of methoxy groups -OCH3 is 1. The summed E-state index contributed by atoms with van der Waals surface area (Å²) in [7, 11) is 1.60. The number of halogens is 2. The van der Waals surface area contributed by atoms with Crippen LogP contribution in [0, 0.1) is 0 Å². The average Bonchev–Trinajstić information content (AvgIpc) is 3.17. The van der Waals surface area contributed by atoms with Crippen LogP contribution in [0.5, 0.6) is 5.75 Å². The molecule has 0 aromatic heterocycles. The summed E-state index contributed by atoms with van der Waals surface area (Å²) in [5.41, 5.74) is 1.69. The van der Waals surface area contributed by atoms with E-state index in [4.69, 9.17) is 27.9 Å². The molecule has 4 nitrogen and oxygen atoms in total. The zero-order valence-electron chi connectivity index (χ0n) is 13.8. The van der Waals surface area contributed by atoms with Gasteiger partial charge < -0.3 is 4.74 Å². The molecule has 2 fully saturated rings. The fraction of sp³-hybridized carbons (Fsp3) is 0.316. The lowest BCUT2D eigenvalue weighted by Crippen LogP contribution is -2.32. The number of carbonyl (C=O) groups excluding carboxylic acids is 1. The number of hydrogen-bond donors (Lipinski definition) is 0. The monoisotopic (exact) mass is 376 g/mol. The van der Waals surface area contributed by atoms with Gasteiger partial charge in [0.2, 0.25) is 5.91 Å². The van der Waals surface area contributed by atoms with Crippen LogP contribution in [0.15, 0.2) is 42.5 Å². The molecule has 2 heterocycles. The predicted molar refractivity (Wildman–Crippen MR) is 99.4 cm³/mol. The van der Waals surface area contributed by atoms with Crippen LogP contribution in [-0.2, 0) is 4.79 Å². The van der Waals surface area contributed by atoms with E-state index in [0.29, 0.717) is 21.5 Å². The number of benzene rings is 2. The molecule has 0 spiro atoms. The van der Waals surface area contributed by atoms with Crippen molar-refractivity contribution in [2.45, 2.75) is 25.0 Å². The van der Waals surface area contributed by atoms with Crippen LogP contribution >= 0.6 is 23.2 Å². The average molecular weight is 377 g/mol. The number of amides is 1. The van der Waals surface area contributed by atoms with E-state index in [1.54, 1.807) is 30.2 Å². The molecule has 25 heavy (non-hydrogen) atoms. The van der Waals surface area contributed by atoms with Crippen molar-refractivity contribution < 1.29 is 9.53 Å². The standard InChI is InChI=1S/C19H18Cl2N2O2/c1-25-17-8-7-14(21)11-16(17)23-18(12-4-2-5-13(20)10-12)22-9-3-6-15(22)19(23)24/h2,4-5,7-8,10-11,15,18H,3,6,9H2,1H3/t15-,18+/m0/s1. The molecule has 2 aromatic rings. The van der Waals surface area contributed by atoms with Crippen LogP contribution in [0.2, 0.25) is 10.0 Å². The Balaban J connectivity index is 1.87. The number of carbonyl (C=O) groups is 1. The van der Waals surface area contributed by atoms with E-state index in [0.717, 1.165) is 24.9 Å². The van der Waals surface area contributed by atoms with Gasteiger partial charge in [-0.3, -0.25) is 14.6 Å². The third kappa shape index (κ3) is 2.78. The first-order valence-electron chi connectivity index (χ1n) is 8.28. The lowest BCUT2D eigenvalue weighted by Gasteiger charge is -2.30. The first-order valence-corrected chi connectivity index (χ1v) is 9.03. The first kappa shape index (κ1) is 16.7. The van der Waals surface area contributed by atoms with Gasteiger partial charge in [0, 0.05) is 16.6 Å². The molecule has 0 unspecified atom stereocenters. The van der Waals surface area contributed by atoms with Gasteiger partial charge in [-0.15, -0.1) is 0 Å². The SMILES string of the molecule is COc1ccc(Cl)cc1N1C(=O)[C@@H]2CCCN2[C@H]1c1cccc(Cl)c1. The van der Waals surface area contributed by atoms with E-state index < -0.39 is 0 Å². The van der Waals surface area contributed by atoms with E-state index >= 15 is 0 Å². The minimum Gasteiger partial charge on any atom is -0.495 e. The van der Waals surface area contributed by atoms with Crippen molar-refractivity contribution in [2.75, 3.05) is 18.6 Å². The number of hydrogen-bond acceptors (Lipinski definition) is 3. The van der Waals surface area contributed by atoms with Crippen LogP contribution in [0.4, 0.5) is 5.69 Å². The Morgan fingerprint density at radius 3 is 2.68 bits per heavy atom. The topological polar surface area (TPSA) is 32.8 Å². The Hall–Kier alpha value is -1.75. The van der Waals surface area contributed by atoms with Crippen LogP contribution in [0.25, 0.3) is 0 Å². The Morgan fingerprint density at radius 2 is 1.92 bits per heavy atom. The zero-order chi connectivity index (χ0) is 17.6. The van der Waals surface area contributed by atoms with Crippen molar-refractivity contribution in [3.8, 4) is 5.75 Å². The van der Waals surface area contributed by atoms with Crippen molar-refractivity contribution in [2.24, 2.45) is 0 Å². The molecule has 1 amide bonds. The zero-order valence-corrected chi connectivity index (χ0v) is 15.3. The van der Waals surface area contributed by atoms with Gasteiger partial charge in [0.15, 0.2) is 0 Å². The third-order valence-corrected chi connectivity index (χ3v) is 5.39. The lowest BCUT2D eigenvalue weighted by atomic mass is 10.1. The molecule has 4 rings (SSSR count). The molecule has 0 bridgehead atoms. The third-order valence-electron chi connectivity index (χ3n) is 4.92. The van der Waals surface area contributed by atoms with Gasteiger partial charge in [-0.1, -0.05) is 35.3 Å².